The number of hydrogen-bond donors (Lipinski definition) is 0. The Bertz CT molecular complexity index is 146. The molecule has 0 aromatic heterocycles. The molecular formula is C13H26. The second-order valence-corrected chi connectivity index (χ2v) is 5.73. The Morgan fingerprint density at radius 2 is 1.38 bits per heavy atom. The van der Waals surface area contributed by atoms with E-state index in [0.717, 1.165) is 29.6 Å². The summed E-state index contributed by atoms with van der Waals surface area (Å²) in [5.41, 5.74) is 0. The second kappa shape index (κ2) is 4.48. The van der Waals surface area contributed by atoms with Gasteiger partial charge in [0, 0.05) is 0 Å². The van der Waals surface area contributed by atoms with E-state index in [4.69, 9.17) is 0 Å². The van der Waals surface area contributed by atoms with E-state index < -0.39 is 0 Å². The van der Waals surface area contributed by atoms with E-state index >= 15 is 0 Å². The van der Waals surface area contributed by atoms with Gasteiger partial charge in [0.15, 0.2) is 0 Å². The van der Waals surface area contributed by atoms with Crippen molar-refractivity contribution in [1.29, 1.82) is 0 Å². The van der Waals surface area contributed by atoms with Crippen LogP contribution in [-0.2, 0) is 0 Å². The van der Waals surface area contributed by atoms with E-state index in [9.17, 15) is 0 Å². The van der Waals surface area contributed by atoms with Crippen LogP contribution in [0, 0.1) is 29.6 Å². The highest BCUT2D eigenvalue weighted by molar-refractivity contribution is 4.82. The monoisotopic (exact) mass is 182 g/mol. The van der Waals surface area contributed by atoms with Gasteiger partial charge in [-0.3, -0.25) is 0 Å². The van der Waals surface area contributed by atoms with Crippen molar-refractivity contribution in [3.63, 3.8) is 0 Å². The summed E-state index contributed by atoms with van der Waals surface area (Å²) in [7, 11) is 0. The Kier molecular flexibility index (Phi) is 3.82. The molecule has 0 N–H and O–H groups in total. The molecule has 0 radical (unpaired) electrons. The summed E-state index contributed by atoms with van der Waals surface area (Å²) in [6.45, 7) is 12.0. The van der Waals surface area contributed by atoms with E-state index in [0.29, 0.717) is 0 Å². The first kappa shape index (κ1) is 11.1. The number of rotatable bonds is 2. The van der Waals surface area contributed by atoms with Crippen LogP contribution in [0.1, 0.15) is 53.9 Å². The first-order valence-corrected chi connectivity index (χ1v) is 6.02. The van der Waals surface area contributed by atoms with Gasteiger partial charge in [0.1, 0.15) is 0 Å². The lowest BCUT2D eigenvalue weighted by Crippen LogP contribution is -2.30. The normalized spacial score (nSPS) is 35.8. The van der Waals surface area contributed by atoms with Crippen molar-refractivity contribution in [3.05, 3.63) is 0 Å². The standard InChI is InChI=1S/C13H26/c1-9(2)12-7-6-11(5)8-13(12)10(3)4/h9-13H,6-8H2,1-5H3/t11-,12+,13-/m1/s1. The lowest BCUT2D eigenvalue weighted by atomic mass is 9.66. The van der Waals surface area contributed by atoms with E-state index in [-0.39, 0.29) is 0 Å². The topological polar surface area (TPSA) is 0 Å². The Morgan fingerprint density at radius 3 is 1.85 bits per heavy atom. The highest BCUT2D eigenvalue weighted by Crippen LogP contribution is 2.41. The molecule has 3 atom stereocenters. The maximum atomic E-state index is 2.42. The van der Waals surface area contributed by atoms with Gasteiger partial charge in [0.05, 0.1) is 0 Å². The Labute approximate surface area is 84.1 Å². The summed E-state index contributed by atoms with van der Waals surface area (Å²) in [5, 5.41) is 0. The molecule has 0 heterocycles. The van der Waals surface area contributed by atoms with Crippen molar-refractivity contribution >= 4 is 0 Å². The van der Waals surface area contributed by atoms with E-state index in [1.165, 1.54) is 19.3 Å². The van der Waals surface area contributed by atoms with E-state index in [1.807, 2.05) is 0 Å². The Balaban J connectivity index is 2.60. The summed E-state index contributed by atoms with van der Waals surface area (Å²) in [4.78, 5) is 0. The van der Waals surface area contributed by atoms with Gasteiger partial charge in [0.2, 0.25) is 0 Å². The molecule has 0 aromatic rings. The molecule has 1 aliphatic carbocycles. The minimum Gasteiger partial charge on any atom is -0.0625 e. The lowest BCUT2D eigenvalue weighted by Gasteiger charge is -2.39. The molecule has 0 bridgehead atoms. The van der Waals surface area contributed by atoms with Gasteiger partial charge in [-0.2, -0.15) is 0 Å². The summed E-state index contributed by atoms with van der Waals surface area (Å²) in [6, 6.07) is 0. The van der Waals surface area contributed by atoms with Gasteiger partial charge in [0.25, 0.3) is 0 Å². The molecule has 1 fully saturated rings. The lowest BCUT2D eigenvalue weighted by molar-refractivity contribution is 0.106. The maximum absolute atomic E-state index is 2.42. The molecule has 1 aliphatic rings. The highest BCUT2D eigenvalue weighted by Gasteiger charge is 2.32. The zero-order valence-electron chi connectivity index (χ0n) is 10.0. The Morgan fingerprint density at radius 1 is 0.846 bits per heavy atom. The van der Waals surface area contributed by atoms with E-state index in [1.54, 1.807) is 0 Å². The first-order valence-electron chi connectivity index (χ1n) is 6.02. The van der Waals surface area contributed by atoms with Crippen molar-refractivity contribution in [3.8, 4) is 0 Å². The highest BCUT2D eigenvalue weighted by atomic mass is 14.4. The fourth-order valence-corrected chi connectivity index (χ4v) is 3.04. The predicted molar refractivity (Wildman–Crippen MR) is 59.7 cm³/mol. The van der Waals surface area contributed by atoms with E-state index in [2.05, 4.69) is 34.6 Å². The molecule has 0 nitrogen and oxygen atoms in total. The minimum absolute atomic E-state index is 0.884. The fraction of sp³-hybridized carbons (Fsp3) is 1.00. The van der Waals surface area contributed by atoms with Gasteiger partial charge >= 0.3 is 0 Å². The van der Waals surface area contributed by atoms with Gasteiger partial charge in [-0.25, -0.2) is 0 Å². The summed E-state index contributed by atoms with van der Waals surface area (Å²) in [6.07, 6.45) is 4.41. The van der Waals surface area contributed by atoms with Crippen LogP contribution in [-0.4, -0.2) is 0 Å². The minimum atomic E-state index is 0.884. The van der Waals surface area contributed by atoms with Crippen molar-refractivity contribution in [2.24, 2.45) is 29.6 Å². The van der Waals surface area contributed by atoms with Gasteiger partial charge in [-0.15, -0.1) is 0 Å². The maximum Gasteiger partial charge on any atom is -0.0358 e. The van der Waals surface area contributed by atoms with Gasteiger partial charge < -0.3 is 0 Å². The van der Waals surface area contributed by atoms with Gasteiger partial charge in [-0.1, -0.05) is 41.0 Å². The van der Waals surface area contributed by atoms with Crippen molar-refractivity contribution in [2.75, 3.05) is 0 Å². The molecule has 0 heteroatoms. The van der Waals surface area contributed by atoms with Crippen LogP contribution in [0.5, 0.6) is 0 Å². The fourth-order valence-electron chi connectivity index (χ4n) is 3.04. The molecular weight excluding hydrogens is 156 g/mol. The van der Waals surface area contributed by atoms with Crippen LogP contribution in [0.15, 0.2) is 0 Å². The predicted octanol–water partition coefficient (Wildman–Crippen LogP) is 4.35. The molecule has 13 heavy (non-hydrogen) atoms. The second-order valence-electron chi connectivity index (χ2n) is 5.73. The molecule has 0 aliphatic heterocycles. The average Bonchev–Trinajstić information content (AvgIpc) is 2.03. The molecule has 0 aromatic carbocycles. The van der Waals surface area contributed by atoms with Crippen LogP contribution in [0.25, 0.3) is 0 Å². The van der Waals surface area contributed by atoms with Crippen LogP contribution in [0.2, 0.25) is 0 Å². The van der Waals surface area contributed by atoms with Crippen LogP contribution < -0.4 is 0 Å². The quantitative estimate of drug-likeness (QED) is 0.595. The van der Waals surface area contributed by atoms with Crippen LogP contribution in [0.4, 0.5) is 0 Å². The SMILES string of the molecule is CC(C)[C@H]1C[C@H](C)CC[C@H]1C(C)C. The van der Waals surface area contributed by atoms with Crippen LogP contribution >= 0.6 is 0 Å². The molecule has 1 saturated carbocycles. The zero-order valence-corrected chi connectivity index (χ0v) is 10.0. The van der Waals surface area contributed by atoms with Crippen molar-refractivity contribution in [1.82, 2.24) is 0 Å². The molecule has 1 rings (SSSR count). The van der Waals surface area contributed by atoms with Crippen molar-refractivity contribution in [2.45, 2.75) is 53.9 Å². The van der Waals surface area contributed by atoms with Crippen LogP contribution in [0.3, 0.4) is 0 Å². The summed E-state index contributed by atoms with van der Waals surface area (Å²) >= 11 is 0. The third kappa shape index (κ3) is 2.72. The third-order valence-electron chi connectivity index (χ3n) is 3.93. The Hall–Kier alpha value is 0. The summed E-state index contributed by atoms with van der Waals surface area (Å²) < 4.78 is 0. The van der Waals surface area contributed by atoms with Crippen molar-refractivity contribution < 1.29 is 0 Å². The third-order valence-corrected chi connectivity index (χ3v) is 3.93. The smallest absolute Gasteiger partial charge is 0.0358 e. The molecule has 0 unspecified atom stereocenters. The van der Waals surface area contributed by atoms with Gasteiger partial charge in [-0.05, 0) is 42.4 Å². The average molecular weight is 182 g/mol. The summed E-state index contributed by atoms with van der Waals surface area (Å²) in [5.74, 6) is 4.73. The molecule has 0 saturated heterocycles. The number of hydrogen-bond acceptors (Lipinski definition) is 0. The first-order chi connectivity index (χ1) is 6.02. The molecule has 0 spiro atoms. The zero-order chi connectivity index (χ0) is 10.0. The largest absolute Gasteiger partial charge is 0.0625 e. The molecule has 0 amide bonds. The molecule has 78 valence electrons.